The normalized spacial score (nSPS) is 12.7. The Hall–Kier alpha value is -1.53. The summed E-state index contributed by atoms with van der Waals surface area (Å²) in [6.45, 7) is 0. The van der Waals surface area contributed by atoms with Crippen molar-refractivity contribution >= 4 is 11.2 Å². The lowest BCUT2D eigenvalue weighted by Crippen LogP contribution is -2.25. The standard InChI is InChI=1S/C9H8N2O3S/c1-15(13)9-8(11(12)14-10-9)7-5-3-2-4-6-7/h2-6H,1H3. The minimum Gasteiger partial charge on any atom is -0.609 e. The van der Waals surface area contributed by atoms with Gasteiger partial charge in [-0.3, -0.25) is 4.63 Å². The van der Waals surface area contributed by atoms with E-state index in [9.17, 15) is 9.76 Å². The average molecular weight is 224 g/mol. The summed E-state index contributed by atoms with van der Waals surface area (Å²) in [4.78, 5) is 0.270. The molecule has 0 aliphatic carbocycles. The molecule has 0 aliphatic heterocycles. The molecular formula is C9H8N2O3S. The molecule has 0 radical (unpaired) electrons. The van der Waals surface area contributed by atoms with Gasteiger partial charge in [-0.15, -0.1) is 0 Å². The quantitative estimate of drug-likeness (QED) is 0.556. The minimum atomic E-state index is -1.35. The lowest BCUT2D eigenvalue weighted by atomic mass is 10.2. The Kier molecular flexibility index (Phi) is 2.61. The van der Waals surface area contributed by atoms with Crippen LogP contribution in [0.4, 0.5) is 0 Å². The van der Waals surface area contributed by atoms with Crippen molar-refractivity contribution in [1.82, 2.24) is 5.16 Å². The first-order valence-electron chi connectivity index (χ1n) is 4.18. The molecular weight excluding hydrogens is 216 g/mol. The van der Waals surface area contributed by atoms with E-state index in [2.05, 4.69) is 9.79 Å². The summed E-state index contributed by atoms with van der Waals surface area (Å²) in [6.07, 6.45) is 1.45. The molecule has 0 fully saturated rings. The van der Waals surface area contributed by atoms with Crippen LogP contribution in [0.3, 0.4) is 0 Å². The summed E-state index contributed by atoms with van der Waals surface area (Å²) in [5.74, 6) is 0. The van der Waals surface area contributed by atoms with Crippen molar-refractivity contribution in [1.29, 1.82) is 0 Å². The zero-order valence-electron chi connectivity index (χ0n) is 7.91. The molecule has 2 aromatic rings. The third-order valence-electron chi connectivity index (χ3n) is 1.90. The van der Waals surface area contributed by atoms with Crippen molar-refractivity contribution in [3.05, 3.63) is 35.5 Å². The highest BCUT2D eigenvalue weighted by atomic mass is 32.2. The van der Waals surface area contributed by atoms with Gasteiger partial charge in [-0.05, 0) is 4.90 Å². The van der Waals surface area contributed by atoms with Crippen LogP contribution < -0.4 is 4.90 Å². The van der Waals surface area contributed by atoms with Crippen molar-refractivity contribution in [3.63, 3.8) is 0 Å². The second kappa shape index (κ2) is 3.92. The average Bonchev–Trinajstić information content (AvgIpc) is 2.61. The van der Waals surface area contributed by atoms with Crippen molar-refractivity contribution < 1.29 is 14.1 Å². The molecule has 78 valence electrons. The fourth-order valence-corrected chi connectivity index (χ4v) is 1.85. The Morgan fingerprint density at radius 3 is 2.60 bits per heavy atom. The number of hydrogen-bond donors (Lipinski definition) is 0. The third-order valence-corrected chi connectivity index (χ3v) is 2.72. The monoisotopic (exact) mass is 224 g/mol. The van der Waals surface area contributed by atoms with E-state index in [1.165, 1.54) is 6.26 Å². The summed E-state index contributed by atoms with van der Waals surface area (Å²) < 4.78 is 15.7. The molecule has 1 aromatic heterocycles. The highest BCUT2D eigenvalue weighted by Crippen LogP contribution is 2.21. The summed E-state index contributed by atoms with van der Waals surface area (Å²) in [7, 11) is 0. The fraction of sp³-hybridized carbons (Fsp3) is 0.111. The van der Waals surface area contributed by atoms with Gasteiger partial charge in [-0.25, -0.2) is 0 Å². The number of hydrogen-bond acceptors (Lipinski definition) is 4. The molecule has 2 rings (SSSR count). The lowest BCUT2D eigenvalue weighted by molar-refractivity contribution is -0.793. The summed E-state index contributed by atoms with van der Waals surface area (Å²) in [5, 5.41) is 14.9. The van der Waals surface area contributed by atoms with Gasteiger partial charge in [0.15, 0.2) is 0 Å². The van der Waals surface area contributed by atoms with E-state index >= 15 is 0 Å². The Labute approximate surface area is 89.0 Å². The molecule has 0 saturated carbocycles. The number of aromatic nitrogens is 2. The van der Waals surface area contributed by atoms with Gasteiger partial charge >= 0.3 is 5.03 Å². The van der Waals surface area contributed by atoms with E-state index in [0.717, 1.165) is 0 Å². The van der Waals surface area contributed by atoms with Crippen molar-refractivity contribution in [2.75, 3.05) is 6.26 Å². The van der Waals surface area contributed by atoms with E-state index in [1.807, 2.05) is 6.07 Å². The topological polar surface area (TPSA) is 76.0 Å². The molecule has 15 heavy (non-hydrogen) atoms. The summed E-state index contributed by atoms with van der Waals surface area (Å²) in [5.41, 5.74) is 0.843. The van der Waals surface area contributed by atoms with Gasteiger partial charge in [0.2, 0.25) is 0 Å². The van der Waals surface area contributed by atoms with Crippen molar-refractivity contribution in [2.45, 2.75) is 5.03 Å². The molecule has 1 aromatic carbocycles. The smallest absolute Gasteiger partial charge is 0.420 e. The van der Waals surface area contributed by atoms with Crippen molar-refractivity contribution in [3.8, 4) is 11.3 Å². The van der Waals surface area contributed by atoms with Crippen molar-refractivity contribution in [2.24, 2.45) is 0 Å². The van der Waals surface area contributed by atoms with Crippen LogP contribution in [0.15, 0.2) is 40.0 Å². The third kappa shape index (κ3) is 1.81. The first-order chi connectivity index (χ1) is 7.20. The second-order valence-corrected chi connectivity index (χ2v) is 4.20. The van der Waals surface area contributed by atoms with Gasteiger partial charge in [-0.1, -0.05) is 30.3 Å². The molecule has 0 saturated heterocycles. The Morgan fingerprint density at radius 1 is 1.33 bits per heavy atom. The van der Waals surface area contributed by atoms with Gasteiger partial charge < -0.3 is 9.76 Å². The number of nitrogens with zero attached hydrogens (tertiary/aromatic N) is 2. The zero-order valence-corrected chi connectivity index (χ0v) is 8.73. The Bertz CT molecular complexity index is 456. The maximum absolute atomic E-state index is 11.3. The van der Waals surface area contributed by atoms with Crippen LogP contribution in [0.5, 0.6) is 0 Å². The molecule has 5 nitrogen and oxygen atoms in total. The van der Waals surface area contributed by atoms with Crippen LogP contribution >= 0.6 is 0 Å². The van der Waals surface area contributed by atoms with Gasteiger partial charge in [0.25, 0.3) is 5.69 Å². The largest absolute Gasteiger partial charge is 0.609 e. The predicted octanol–water partition coefficient (Wildman–Crippen LogP) is 0.712. The van der Waals surface area contributed by atoms with E-state index in [1.54, 1.807) is 24.3 Å². The summed E-state index contributed by atoms with van der Waals surface area (Å²) in [6, 6.07) is 8.86. The van der Waals surface area contributed by atoms with Gasteiger partial charge in [0.1, 0.15) is 11.4 Å². The maximum atomic E-state index is 11.3. The Morgan fingerprint density at radius 2 is 2.00 bits per heavy atom. The molecule has 6 heteroatoms. The van der Waals surface area contributed by atoms with E-state index in [4.69, 9.17) is 0 Å². The van der Waals surface area contributed by atoms with E-state index in [-0.39, 0.29) is 15.6 Å². The van der Waals surface area contributed by atoms with E-state index in [0.29, 0.717) is 5.56 Å². The fourth-order valence-electron chi connectivity index (χ4n) is 1.25. The first kappa shape index (κ1) is 10.0. The van der Waals surface area contributed by atoms with Gasteiger partial charge in [0.05, 0.1) is 0 Å². The van der Waals surface area contributed by atoms with Crippen LogP contribution in [-0.4, -0.2) is 16.0 Å². The highest BCUT2D eigenvalue weighted by Gasteiger charge is 2.28. The van der Waals surface area contributed by atoms with Gasteiger partial charge in [0, 0.05) is 16.7 Å². The number of rotatable bonds is 2. The maximum Gasteiger partial charge on any atom is 0.420 e. The highest BCUT2D eigenvalue weighted by molar-refractivity contribution is 7.90. The van der Waals surface area contributed by atoms with Crippen LogP contribution in [0.2, 0.25) is 0 Å². The molecule has 1 heterocycles. The molecule has 1 atom stereocenters. The van der Waals surface area contributed by atoms with E-state index < -0.39 is 11.2 Å². The second-order valence-electron chi connectivity index (χ2n) is 2.90. The summed E-state index contributed by atoms with van der Waals surface area (Å²) >= 11 is -1.35. The minimum absolute atomic E-state index is 0.163. The van der Waals surface area contributed by atoms with Crippen LogP contribution in [0.25, 0.3) is 11.3 Å². The molecule has 0 N–H and O–H groups in total. The first-order valence-corrected chi connectivity index (χ1v) is 5.74. The van der Waals surface area contributed by atoms with Crippen LogP contribution in [0.1, 0.15) is 0 Å². The molecule has 0 spiro atoms. The molecule has 0 bridgehead atoms. The number of benzene rings is 1. The Balaban J connectivity index is 2.57. The molecule has 0 aliphatic rings. The van der Waals surface area contributed by atoms with Crippen LogP contribution in [0, 0.1) is 5.21 Å². The molecule has 0 amide bonds. The molecule has 1 unspecified atom stereocenters. The SMILES string of the molecule is C[S+]([O-])c1no[n+]([O-])c1-c1ccccc1. The zero-order chi connectivity index (χ0) is 10.8. The van der Waals surface area contributed by atoms with Gasteiger partial charge in [-0.2, -0.15) is 0 Å². The lowest BCUT2D eigenvalue weighted by Gasteiger charge is -1.98. The predicted molar refractivity (Wildman–Crippen MR) is 53.2 cm³/mol. The van der Waals surface area contributed by atoms with Crippen LogP contribution in [-0.2, 0) is 11.2 Å².